The molecule has 0 amide bonds. The summed E-state index contributed by atoms with van der Waals surface area (Å²) in [6.07, 6.45) is 0. The Morgan fingerprint density at radius 2 is 1.43 bits per heavy atom. The molecule has 0 bridgehead atoms. The quantitative estimate of drug-likeness (QED) is 0.579. The molecule has 2 aromatic carbocycles. The van der Waals surface area contributed by atoms with Crippen LogP contribution in [0.4, 0.5) is 0 Å². The lowest BCUT2D eigenvalue weighted by atomic mass is 9.94. The average Bonchev–Trinajstić information content (AvgIpc) is 2.57. The Bertz CT molecular complexity index is 667. The van der Waals surface area contributed by atoms with E-state index in [1.54, 1.807) is 13.8 Å². The van der Waals surface area contributed by atoms with Crippen molar-refractivity contribution in [1.82, 2.24) is 0 Å². The van der Waals surface area contributed by atoms with Crippen LogP contribution in [0.2, 0.25) is 0 Å². The average molecular weight is 330 g/mol. The van der Waals surface area contributed by atoms with Crippen molar-refractivity contribution >= 4 is 19.8 Å². The lowest BCUT2D eigenvalue weighted by molar-refractivity contribution is -0.130. The Morgan fingerprint density at radius 1 is 0.957 bits per heavy atom. The number of hydrogen-bond donors (Lipinski definition) is 0. The molecule has 0 aliphatic heterocycles. The third-order valence-electron chi connectivity index (χ3n) is 3.24. The summed E-state index contributed by atoms with van der Waals surface area (Å²) < 4.78 is 21.3. The van der Waals surface area contributed by atoms with Crippen molar-refractivity contribution in [2.45, 2.75) is 13.8 Å². The van der Waals surface area contributed by atoms with Crippen LogP contribution in [0.3, 0.4) is 0 Å². The van der Waals surface area contributed by atoms with Crippen LogP contribution in [0.5, 0.6) is 0 Å². The number of hydrogen-bond acceptors (Lipinski definition) is 4. The molecular formula is C18H19O4P. The molecule has 0 radical (unpaired) electrons. The highest BCUT2D eigenvalue weighted by atomic mass is 31.1. The highest BCUT2D eigenvalue weighted by Crippen LogP contribution is 2.31. The fourth-order valence-electron chi connectivity index (χ4n) is 2.21. The minimum atomic E-state index is -2.81. The van der Waals surface area contributed by atoms with E-state index in [9.17, 15) is 9.36 Å². The van der Waals surface area contributed by atoms with Gasteiger partial charge in [0, 0.05) is 5.57 Å². The third kappa shape index (κ3) is 4.65. The van der Waals surface area contributed by atoms with Crippen molar-refractivity contribution in [2.24, 2.45) is 0 Å². The summed E-state index contributed by atoms with van der Waals surface area (Å²) in [5.74, 6) is -0.634. The second-order valence-corrected chi connectivity index (χ2v) is 5.80. The number of carbonyl (C=O) groups excluding carboxylic acids is 1. The zero-order valence-electron chi connectivity index (χ0n) is 13.1. The largest absolute Gasteiger partial charge is 0.390 e. The van der Waals surface area contributed by atoms with E-state index in [0.717, 1.165) is 16.7 Å². The van der Waals surface area contributed by atoms with Crippen molar-refractivity contribution in [3.63, 3.8) is 0 Å². The molecule has 5 heteroatoms. The van der Waals surface area contributed by atoms with Gasteiger partial charge in [0.1, 0.15) is 0 Å². The zero-order valence-corrected chi connectivity index (χ0v) is 14.1. The van der Waals surface area contributed by atoms with E-state index in [-0.39, 0.29) is 6.61 Å². The Morgan fingerprint density at radius 3 is 1.87 bits per heavy atom. The second kappa shape index (κ2) is 8.47. The lowest BCUT2D eigenvalue weighted by Gasteiger charge is -2.13. The maximum Gasteiger partial charge on any atom is 0.370 e. The Kier molecular flexibility index (Phi) is 6.33. The first-order valence-corrected chi connectivity index (χ1v) is 8.56. The van der Waals surface area contributed by atoms with Crippen LogP contribution in [0, 0.1) is 0 Å². The fraction of sp³-hybridized carbons (Fsp3) is 0.167. The third-order valence-corrected chi connectivity index (χ3v) is 4.12. The topological polar surface area (TPSA) is 52.6 Å². The van der Waals surface area contributed by atoms with Crippen LogP contribution in [0.1, 0.15) is 25.0 Å². The van der Waals surface area contributed by atoms with E-state index in [1.165, 1.54) is 0 Å². The lowest BCUT2D eigenvalue weighted by Crippen LogP contribution is -2.05. The first-order chi connectivity index (χ1) is 11.1. The predicted octanol–water partition coefficient (Wildman–Crippen LogP) is 4.48. The van der Waals surface area contributed by atoms with E-state index in [2.05, 4.69) is 0 Å². The molecule has 1 unspecified atom stereocenters. The van der Waals surface area contributed by atoms with Crippen LogP contribution in [-0.4, -0.2) is 12.6 Å². The standard InChI is InChI=1S/C18H19O4P/c1-3-21-23(20)22-18(19)14(2)17(15-10-6-4-7-11-15)16-12-8-5-9-13-16/h4-13,23H,3H2,1-2H3. The summed E-state index contributed by atoms with van der Waals surface area (Å²) in [6, 6.07) is 19.1. The zero-order chi connectivity index (χ0) is 16.7. The molecule has 1 atom stereocenters. The number of carbonyl (C=O) groups is 1. The van der Waals surface area contributed by atoms with Gasteiger partial charge in [0.2, 0.25) is 0 Å². The highest BCUT2D eigenvalue weighted by molar-refractivity contribution is 7.34. The molecule has 0 heterocycles. The van der Waals surface area contributed by atoms with Crippen LogP contribution in [0.15, 0.2) is 66.2 Å². The molecule has 0 aliphatic rings. The maximum atomic E-state index is 12.3. The maximum absolute atomic E-state index is 12.3. The summed E-state index contributed by atoms with van der Waals surface area (Å²) in [4.78, 5) is 12.3. The summed E-state index contributed by atoms with van der Waals surface area (Å²) in [7, 11) is -2.81. The van der Waals surface area contributed by atoms with E-state index in [4.69, 9.17) is 9.05 Å². The predicted molar refractivity (Wildman–Crippen MR) is 91.3 cm³/mol. The van der Waals surface area contributed by atoms with Gasteiger partial charge in [-0.2, -0.15) is 0 Å². The Labute approximate surface area is 136 Å². The van der Waals surface area contributed by atoms with Crippen LogP contribution >= 0.6 is 8.25 Å². The Hall–Kier alpha value is -2.16. The van der Waals surface area contributed by atoms with E-state index < -0.39 is 14.2 Å². The second-order valence-electron chi connectivity index (χ2n) is 4.80. The molecule has 2 rings (SSSR count). The van der Waals surface area contributed by atoms with Gasteiger partial charge in [-0.15, -0.1) is 0 Å². The summed E-state index contributed by atoms with van der Waals surface area (Å²) in [6.45, 7) is 3.59. The van der Waals surface area contributed by atoms with Gasteiger partial charge < -0.3 is 9.05 Å². The molecule has 0 saturated carbocycles. The van der Waals surface area contributed by atoms with Gasteiger partial charge in [-0.25, -0.2) is 9.36 Å². The van der Waals surface area contributed by atoms with Crippen molar-refractivity contribution in [1.29, 1.82) is 0 Å². The smallest absolute Gasteiger partial charge is 0.370 e. The molecule has 120 valence electrons. The van der Waals surface area contributed by atoms with Gasteiger partial charge in [0.15, 0.2) is 0 Å². The van der Waals surface area contributed by atoms with Gasteiger partial charge in [0.05, 0.1) is 6.61 Å². The number of benzene rings is 2. The minimum absolute atomic E-state index is 0.234. The van der Waals surface area contributed by atoms with E-state index in [1.807, 2.05) is 60.7 Å². The monoisotopic (exact) mass is 330 g/mol. The van der Waals surface area contributed by atoms with Gasteiger partial charge in [-0.3, -0.25) is 0 Å². The molecule has 0 aromatic heterocycles. The first kappa shape index (κ1) is 17.2. The van der Waals surface area contributed by atoms with Gasteiger partial charge in [0.25, 0.3) is 0 Å². The highest BCUT2D eigenvalue weighted by Gasteiger charge is 2.17. The van der Waals surface area contributed by atoms with Crippen molar-refractivity contribution in [2.75, 3.05) is 6.61 Å². The fourth-order valence-corrected chi connectivity index (χ4v) is 2.81. The van der Waals surface area contributed by atoms with Gasteiger partial charge in [-0.1, -0.05) is 60.7 Å². The van der Waals surface area contributed by atoms with Crippen molar-refractivity contribution < 1.29 is 18.4 Å². The molecule has 0 spiro atoms. The van der Waals surface area contributed by atoms with Crippen LogP contribution in [0.25, 0.3) is 5.57 Å². The van der Waals surface area contributed by atoms with Gasteiger partial charge >= 0.3 is 14.2 Å². The first-order valence-electron chi connectivity index (χ1n) is 7.34. The SMILES string of the molecule is CCO[PH](=O)OC(=O)C(C)=C(c1ccccc1)c1ccccc1. The summed E-state index contributed by atoms with van der Waals surface area (Å²) >= 11 is 0. The minimum Gasteiger partial charge on any atom is -0.390 e. The number of rotatable bonds is 6. The van der Waals surface area contributed by atoms with Crippen LogP contribution < -0.4 is 0 Å². The van der Waals surface area contributed by atoms with E-state index >= 15 is 0 Å². The molecule has 2 aromatic rings. The molecule has 0 N–H and O–H groups in total. The molecule has 4 nitrogen and oxygen atoms in total. The molecular weight excluding hydrogens is 311 g/mol. The van der Waals surface area contributed by atoms with E-state index in [0.29, 0.717) is 5.57 Å². The van der Waals surface area contributed by atoms with Gasteiger partial charge in [-0.05, 0) is 30.5 Å². The molecule has 0 fully saturated rings. The summed E-state index contributed by atoms with van der Waals surface area (Å²) in [5, 5.41) is 0. The molecule has 0 aliphatic carbocycles. The van der Waals surface area contributed by atoms with Crippen molar-refractivity contribution in [3.8, 4) is 0 Å². The Balaban J connectivity index is 2.44. The van der Waals surface area contributed by atoms with Crippen LogP contribution in [-0.2, 0) is 18.4 Å². The summed E-state index contributed by atoms with van der Waals surface area (Å²) in [5.41, 5.74) is 2.93. The normalized spacial score (nSPS) is 11.6. The van der Waals surface area contributed by atoms with Crippen molar-refractivity contribution in [3.05, 3.63) is 77.4 Å². The molecule has 23 heavy (non-hydrogen) atoms. The molecule has 0 saturated heterocycles.